The Kier molecular flexibility index (Phi) is 17.8. The van der Waals surface area contributed by atoms with E-state index < -0.39 is 124 Å². The van der Waals surface area contributed by atoms with Gasteiger partial charge in [0.2, 0.25) is 17.7 Å². The van der Waals surface area contributed by atoms with Crippen molar-refractivity contribution in [1.29, 1.82) is 0 Å². The lowest BCUT2D eigenvalue weighted by Gasteiger charge is -2.33. The lowest BCUT2D eigenvalue weighted by atomic mass is 10.1. The number of H-pyrrole nitrogens is 2. The van der Waals surface area contributed by atoms with E-state index in [0.717, 1.165) is 56.6 Å². The summed E-state index contributed by atoms with van der Waals surface area (Å²) in [7, 11) is -17.9. The Morgan fingerprint density at radius 1 is 0.763 bits per heavy atom. The monoisotopic (exact) mass is 1160 g/mol. The molecule has 15 N–H and O–H groups in total. The van der Waals surface area contributed by atoms with Crippen LogP contribution in [0.1, 0.15) is 18.7 Å². The van der Waals surface area contributed by atoms with Crippen molar-refractivity contribution >= 4 is 82.5 Å². The third-order valence-corrected chi connectivity index (χ3v) is 16.3. The average Bonchev–Trinajstić information content (AvgIpc) is 4.11. The summed E-state index contributed by atoms with van der Waals surface area (Å²) < 4.78 is 114. The molecule has 39 nitrogen and oxygen atoms in total. The normalized spacial score (nSPS) is 22.9. The number of rotatable bonds is 26. The largest absolute Gasteiger partial charge is 0.490 e. The number of aromatic nitrogens is 12. The van der Waals surface area contributed by atoms with E-state index in [9.17, 15) is 62.7 Å². The average molecular weight is 1160 g/mol. The van der Waals surface area contributed by atoms with Gasteiger partial charge in [-0.15, -0.1) is 0 Å². The molecule has 0 aliphatic carbocycles. The van der Waals surface area contributed by atoms with Crippen molar-refractivity contribution in [2.45, 2.75) is 61.4 Å². The van der Waals surface area contributed by atoms with E-state index in [0.29, 0.717) is 0 Å². The van der Waals surface area contributed by atoms with Gasteiger partial charge in [-0.25, -0.2) is 42.8 Å². The number of phosphoric acid groups is 4. The minimum atomic E-state index is -6.19. The number of nitrogens with one attached hydrogen (secondary N) is 2. The van der Waals surface area contributed by atoms with Crippen molar-refractivity contribution < 1.29 is 108 Å². The minimum Gasteiger partial charge on any atom is -0.386 e. The van der Waals surface area contributed by atoms with Crippen molar-refractivity contribution in [3.63, 3.8) is 0 Å². The summed E-state index contributed by atoms with van der Waals surface area (Å²) >= 11 is 0. The molecule has 6 aromatic rings. The second-order valence-corrected chi connectivity index (χ2v) is 22.0. The zero-order valence-electron chi connectivity index (χ0n) is 39.8. The molecule has 7 heterocycles. The van der Waals surface area contributed by atoms with Crippen LogP contribution in [-0.4, -0.2) is 179 Å². The number of ether oxygens (including phenoxy) is 5. The van der Waals surface area contributed by atoms with Gasteiger partial charge in [0.15, 0.2) is 41.4 Å². The van der Waals surface area contributed by atoms with E-state index in [4.69, 9.17) is 59.0 Å². The van der Waals surface area contributed by atoms with Gasteiger partial charge in [-0.2, -0.15) is 13.6 Å². The van der Waals surface area contributed by atoms with E-state index in [-0.39, 0.29) is 51.2 Å². The quantitative estimate of drug-likeness (QED) is 0.0185. The molecule has 1 saturated heterocycles. The maximum absolute atomic E-state index is 13.8. The SMILES string of the molecule is COC(COP(=O)(O)OC(C(COP(=O)(O)OP(=O)(O)OP(=O)(O)OCC1OC([n+]2cn(C)c3c(=O)[nH]c(N)nc32)C(O)C1OC)OC)C(OC)n1cnc2c(N)ncnc21)C(O)C(O)n1cnc2c(=O)[nH]c(N)nc21. The first-order valence-electron chi connectivity index (χ1n) is 21.2. The third-order valence-electron chi connectivity index (χ3n) is 11.1. The fourth-order valence-electron chi connectivity index (χ4n) is 7.70. The number of methoxy groups -OCH3 is 4. The summed E-state index contributed by atoms with van der Waals surface area (Å²) in [5.41, 5.74) is 15.2. The predicted octanol–water partition coefficient (Wildman–Crippen LogP) is -3.56. The maximum Gasteiger partial charge on any atom is 0.490 e. The summed E-state index contributed by atoms with van der Waals surface area (Å²) in [5.74, 6) is -0.773. The fraction of sp³-hybridized carbons (Fsp3) is 0.545. The number of hydrogen-bond donors (Lipinski definition) is 12. The lowest BCUT2D eigenvalue weighted by Crippen LogP contribution is -2.46. The Balaban J connectivity index is 1.04. The van der Waals surface area contributed by atoms with E-state index in [2.05, 4.69) is 48.5 Å². The van der Waals surface area contributed by atoms with Crippen molar-refractivity contribution in [2.75, 3.05) is 65.5 Å². The molecular weight excluding hydrogens is 1110 g/mol. The van der Waals surface area contributed by atoms with Gasteiger partial charge in [0.05, 0.1) is 39.5 Å². The van der Waals surface area contributed by atoms with E-state index in [1.807, 2.05) is 0 Å². The molecule has 0 bridgehead atoms. The molecule has 0 spiro atoms. The van der Waals surface area contributed by atoms with Gasteiger partial charge < -0.3 is 75.8 Å². The van der Waals surface area contributed by atoms with Crippen molar-refractivity contribution in [3.05, 3.63) is 46.0 Å². The van der Waals surface area contributed by atoms with Crippen LogP contribution in [0.5, 0.6) is 0 Å². The second-order valence-electron chi connectivity index (χ2n) is 15.9. The summed E-state index contributed by atoms with van der Waals surface area (Å²) in [4.78, 5) is 95.8. The van der Waals surface area contributed by atoms with Crippen LogP contribution < -0.4 is 32.9 Å². The number of anilines is 3. The molecule has 6 aromatic heterocycles. The minimum absolute atomic E-state index is 0.0175. The van der Waals surface area contributed by atoms with Crippen LogP contribution in [0, 0.1) is 0 Å². The van der Waals surface area contributed by atoms with Gasteiger partial charge in [-0.1, -0.05) is 4.98 Å². The number of phosphoric ester groups is 3. The maximum atomic E-state index is 13.8. The highest BCUT2D eigenvalue weighted by atomic mass is 31.3. The molecule has 43 heteroatoms. The highest BCUT2D eigenvalue weighted by Crippen LogP contribution is 2.68. The first-order valence-corrected chi connectivity index (χ1v) is 27.2. The molecule has 7 rings (SSSR count). The number of aryl methyl sites for hydroxylation is 1. The second kappa shape index (κ2) is 23.1. The van der Waals surface area contributed by atoms with Gasteiger partial charge in [0.1, 0.15) is 54.6 Å². The fourth-order valence-corrected chi connectivity index (χ4v) is 12.2. The number of aliphatic hydroxyl groups excluding tert-OH is 3. The van der Waals surface area contributed by atoms with Gasteiger partial charge in [0, 0.05) is 28.4 Å². The Hall–Kier alpha value is -5.15. The first kappa shape index (κ1) is 58.5. The Morgan fingerprint density at radius 2 is 1.37 bits per heavy atom. The number of aliphatic hydroxyl groups is 3. The highest BCUT2D eigenvalue weighted by Gasteiger charge is 2.51. The van der Waals surface area contributed by atoms with Crippen molar-refractivity contribution in [3.8, 4) is 0 Å². The Morgan fingerprint density at radius 3 is 2.03 bits per heavy atom. The van der Waals surface area contributed by atoms with Crippen LogP contribution in [0.4, 0.5) is 17.7 Å². The number of hydrogen-bond acceptors (Lipinski definition) is 29. The molecule has 1 fully saturated rings. The smallest absolute Gasteiger partial charge is 0.386 e. The molecule has 14 atom stereocenters. The van der Waals surface area contributed by atoms with Crippen LogP contribution in [0.25, 0.3) is 33.5 Å². The molecule has 0 radical (unpaired) electrons. The van der Waals surface area contributed by atoms with Crippen LogP contribution in [0.2, 0.25) is 0 Å². The number of nitrogens with zero attached hydrogens (tertiary/aromatic N) is 10. The molecule has 0 amide bonds. The molecule has 76 heavy (non-hydrogen) atoms. The molecule has 0 aromatic carbocycles. The van der Waals surface area contributed by atoms with Gasteiger partial charge >= 0.3 is 36.9 Å². The lowest BCUT2D eigenvalue weighted by molar-refractivity contribution is -0.745. The zero-order valence-corrected chi connectivity index (χ0v) is 43.3. The number of fused-ring (bicyclic) bond motifs is 3. The summed E-state index contributed by atoms with van der Waals surface area (Å²) in [6, 6.07) is 0. The summed E-state index contributed by atoms with van der Waals surface area (Å²) in [5, 5.41) is 33.2. The molecular formula is C33H50N15O24P4+. The molecule has 420 valence electrons. The topological polar surface area (TPSA) is 551 Å². The molecule has 0 saturated carbocycles. The zero-order chi connectivity index (χ0) is 55.8. The van der Waals surface area contributed by atoms with E-state index in [1.54, 1.807) is 0 Å². The first-order chi connectivity index (χ1) is 35.6. The highest BCUT2D eigenvalue weighted by molar-refractivity contribution is 7.66. The van der Waals surface area contributed by atoms with Crippen LogP contribution in [0.3, 0.4) is 0 Å². The summed E-state index contributed by atoms with van der Waals surface area (Å²) in [6.07, 6.45) is -12.8. The molecule has 14 unspecified atom stereocenters. The van der Waals surface area contributed by atoms with Crippen LogP contribution >= 0.6 is 31.3 Å². The Labute approximate surface area is 423 Å². The predicted molar refractivity (Wildman–Crippen MR) is 248 cm³/mol. The molecule has 1 aliphatic rings. The number of aromatic amines is 2. The number of imidazole rings is 3. The van der Waals surface area contributed by atoms with Crippen molar-refractivity contribution in [2.24, 2.45) is 7.05 Å². The van der Waals surface area contributed by atoms with Crippen molar-refractivity contribution in [1.82, 2.24) is 53.6 Å². The van der Waals surface area contributed by atoms with E-state index >= 15 is 0 Å². The number of nitrogen functional groups attached to an aromatic ring is 3. The summed E-state index contributed by atoms with van der Waals surface area (Å²) in [6.45, 7) is -3.37. The van der Waals surface area contributed by atoms with Gasteiger partial charge in [-0.3, -0.25) is 51.4 Å². The standard InChI is InChI=1S/C33H49N15O24P4/c1-45-12-48(26-18(45)28(52)44-33(36)42-26)30-20(50)21(64-4)15(69-30)8-68-75(58,59)72-76(60,61)71-74(56,57)67-7-14(63-3)22(31(65-5)47-11-39-16-23(34)37-9-38-24(16)47)70-73(54,55)66-6-13(62-2)19(49)29(53)46-10-40-17-25(46)41-32(35)43-27(17)51/h9-15,19-22,29-31,49-50,53H,6-8H2,1-5H3,(H11-,34,35,36,37,38,41,42,43,44,51,52,54,55,56,57,58,59,60,61)/p+1. The Bertz CT molecular complexity index is 3380. The number of nitrogens with two attached hydrogens (primary N) is 3. The van der Waals surface area contributed by atoms with Crippen LogP contribution in [-0.2, 0) is 75.7 Å². The van der Waals surface area contributed by atoms with E-state index in [1.165, 1.54) is 22.5 Å². The third kappa shape index (κ3) is 12.7. The molecule has 1 aliphatic heterocycles. The van der Waals surface area contributed by atoms with Crippen LogP contribution in [0.15, 0.2) is 34.9 Å². The van der Waals surface area contributed by atoms with Gasteiger partial charge in [0.25, 0.3) is 17.1 Å². The van der Waals surface area contributed by atoms with Gasteiger partial charge in [-0.05, 0) is 0 Å².